The molecule has 3 nitrogen and oxygen atoms in total. The SMILES string of the molecule is CCCOc1cccc(/C(=C/C(=O)OCC)c2ccccc2)c1. The van der Waals surface area contributed by atoms with Gasteiger partial charge in [0.25, 0.3) is 0 Å². The van der Waals surface area contributed by atoms with Crippen LogP contribution in [0, 0.1) is 0 Å². The Kier molecular flexibility index (Phi) is 6.42. The van der Waals surface area contributed by atoms with Crippen molar-refractivity contribution in [3.63, 3.8) is 0 Å². The Bertz CT molecular complexity index is 660. The maximum Gasteiger partial charge on any atom is 0.331 e. The van der Waals surface area contributed by atoms with Crippen molar-refractivity contribution in [2.45, 2.75) is 20.3 Å². The lowest BCUT2D eigenvalue weighted by Crippen LogP contribution is -2.02. The van der Waals surface area contributed by atoms with Crippen molar-refractivity contribution in [1.82, 2.24) is 0 Å². The fraction of sp³-hybridized carbons (Fsp3) is 0.250. The summed E-state index contributed by atoms with van der Waals surface area (Å²) in [6, 6.07) is 17.6. The first-order chi connectivity index (χ1) is 11.2. The summed E-state index contributed by atoms with van der Waals surface area (Å²) < 4.78 is 10.8. The van der Waals surface area contributed by atoms with E-state index in [4.69, 9.17) is 9.47 Å². The minimum absolute atomic E-state index is 0.341. The van der Waals surface area contributed by atoms with E-state index in [1.165, 1.54) is 6.08 Å². The summed E-state index contributed by atoms with van der Waals surface area (Å²) in [5.41, 5.74) is 2.72. The molecule has 0 bridgehead atoms. The van der Waals surface area contributed by atoms with Crippen molar-refractivity contribution in [2.24, 2.45) is 0 Å². The van der Waals surface area contributed by atoms with Gasteiger partial charge >= 0.3 is 5.97 Å². The van der Waals surface area contributed by atoms with Gasteiger partial charge in [0.2, 0.25) is 0 Å². The van der Waals surface area contributed by atoms with Crippen molar-refractivity contribution >= 4 is 11.5 Å². The third-order valence-corrected chi connectivity index (χ3v) is 3.25. The summed E-state index contributed by atoms with van der Waals surface area (Å²) in [4.78, 5) is 11.9. The van der Waals surface area contributed by atoms with Gasteiger partial charge < -0.3 is 9.47 Å². The summed E-state index contributed by atoms with van der Waals surface area (Å²) in [5, 5.41) is 0. The molecule has 2 aromatic carbocycles. The highest BCUT2D eigenvalue weighted by atomic mass is 16.5. The first-order valence-electron chi connectivity index (χ1n) is 7.91. The van der Waals surface area contributed by atoms with Crippen LogP contribution in [0.2, 0.25) is 0 Å². The van der Waals surface area contributed by atoms with Crippen LogP contribution in [0.3, 0.4) is 0 Å². The average molecular weight is 310 g/mol. The molecule has 0 aliphatic carbocycles. The van der Waals surface area contributed by atoms with Crippen molar-refractivity contribution in [1.29, 1.82) is 0 Å². The Morgan fingerprint density at radius 1 is 1.00 bits per heavy atom. The molecular formula is C20H22O3. The van der Waals surface area contributed by atoms with Crippen LogP contribution < -0.4 is 4.74 Å². The molecule has 0 aromatic heterocycles. The van der Waals surface area contributed by atoms with Gasteiger partial charge in [0.1, 0.15) is 5.75 Å². The highest BCUT2D eigenvalue weighted by molar-refractivity contribution is 5.96. The van der Waals surface area contributed by atoms with Crippen LogP contribution in [0.25, 0.3) is 5.57 Å². The second kappa shape index (κ2) is 8.79. The van der Waals surface area contributed by atoms with Gasteiger partial charge in [-0.15, -0.1) is 0 Å². The topological polar surface area (TPSA) is 35.5 Å². The third kappa shape index (κ3) is 4.99. The largest absolute Gasteiger partial charge is 0.494 e. The maximum absolute atomic E-state index is 11.9. The number of carbonyl (C=O) groups is 1. The molecule has 2 aromatic rings. The average Bonchev–Trinajstić information content (AvgIpc) is 2.59. The minimum atomic E-state index is -0.341. The van der Waals surface area contributed by atoms with Gasteiger partial charge in [0.15, 0.2) is 0 Å². The highest BCUT2D eigenvalue weighted by Crippen LogP contribution is 2.26. The number of carbonyl (C=O) groups excluding carboxylic acids is 1. The minimum Gasteiger partial charge on any atom is -0.494 e. The van der Waals surface area contributed by atoms with Gasteiger partial charge in [-0.3, -0.25) is 0 Å². The van der Waals surface area contributed by atoms with E-state index in [1.54, 1.807) is 6.92 Å². The molecule has 0 atom stereocenters. The third-order valence-electron chi connectivity index (χ3n) is 3.25. The van der Waals surface area contributed by atoms with E-state index in [0.29, 0.717) is 13.2 Å². The van der Waals surface area contributed by atoms with Crippen LogP contribution >= 0.6 is 0 Å². The number of rotatable bonds is 7. The highest BCUT2D eigenvalue weighted by Gasteiger charge is 2.09. The molecule has 2 rings (SSSR count). The number of hydrogen-bond acceptors (Lipinski definition) is 3. The van der Waals surface area contributed by atoms with Gasteiger partial charge in [-0.05, 0) is 42.2 Å². The summed E-state index contributed by atoms with van der Waals surface area (Å²) >= 11 is 0. The quantitative estimate of drug-likeness (QED) is 0.559. The van der Waals surface area contributed by atoms with Crippen LogP contribution in [0.5, 0.6) is 5.75 Å². The zero-order valence-corrected chi connectivity index (χ0v) is 13.6. The van der Waals surface area contributed by atoms with Gasteiger partial charge in [0.05, 0.1) is 13.2 Å². The Morgan fingerprint density at radius 3 is 2.43 bits per heavy atom. The van der Waals surface area contributed by atoms with Crippen molar-refractivity contribution in [3.8, 4) is 5.75 Å². The monoisotopic (exact) mass is 310 g/mol. The lowest BCUT2D eigenvalue weighted by atomic mass is 9.97. The van der Waals surface area contributed by atoms with Crippen LogP contribution in [-0.4, -0.2) is 19.2 Å². The molecule has 0 unspecified atom stereocenters. The molecule has 0 spiro atoms. The van der Waals surface area contributed by atoms with E-state index < -0.39 is 0 Å². The Balaban J connectivity index is 2.39. The summed E-state index contributed by atoms with van der Waals surface area (Å²) in [7, 11) is 0. The molecule has 23 heavy (non-hydrogen) atoms. The standard InChI is InChI=1S/C20H22O3/c1-3-13-23-18-12-8-11-17(14-18)19(15-20(21)22-4-2)16-9-6-5-7-10-16/h5-12,14-15H,3-4,13H2,1-2H3/b19-15+. The Hall–Kier alpha value is -2.55. The molecule has 0 saturated heterocycles. The number of esters is 1. The summed E-state index contributed by atoms with van der Waals surface area (Å²) in [5.74, 6) is 0.460. The van der Waals surface area contributed by atoms with Gasteiger partial charge in [0, 0.05) is 6.08 Å². The molecule has 3 heteroatoms. The van der Waals surface area contributed by atoms with E-state index in [2.05, 4.69) is 6.92 Å². The van der Waals surface area contributed by atoms with Gasteiger partial charge in [-0.25, -0.2) is 4.79 Å². The second-order valence-electron chi connectivity index (χ2n) is 5.05. The predicted octanol–water partition coefficient (Wildman–Crippen LogP) is 4.47. The van der Waals surface area contributed by atoms with Gasteiger partial charge in [-0.2, -0.15) is 0 Å². The predicted molar refractivity (Wildman–Crippen MR) is 92.4 cm³/mol. The normalized spacial score (nSPS) is 11.1. The van der Waals surface area contributed by atoms with Crippen LogP contribution in [0.4, 0.5) is 0 Å². The molecule has 0 aliphatic rings. The summed E-state index contributed by atoms with van der Waals surface area (Å²) in [6.07, 6.45) is 2.49. The van der Waals surface area contributed by atoms with E-state index in [0.717, 1.165) is 28.9 Å². The Labute approximate surface area is 137 Å². The molecular weight excluding hydrogens is 288 g/mol. The van der Waals surface area contributed by atoms with E-state index >= 15 is 0 Å². The van der Waals surface area contributed by atoms with Crippen LogP contribution in [0.15, 0.2) is 60.7 Å². The van der Waals surface area contributed by atoms with E-state index in [1.807, 2.05) is 54.6 Å². The molecule has 120 valence electrons. The fourth-order valence-corrected chi connectivity index (χ4v) is 2.23. The smallest absolute Gasteiger partial charge is 0.331 e. The lowest BCUT2D eigenvalue weighted by Gasteiger charge is -2.11. The van der Waals surface area contributed by atoms with Gasteiger partial charge in [-0.1, -0.05) is 49.4 Å². The fourth-order valence-electron chi connectivity index (χ4n) is 2.23. The number of hydrogen-bond donors (Lipinski definition) is 0. The van der Waals surface area contributed by atoms with Crippen LogP contribution in [-0.2, 0) is 9.53 Å². The second-order valence-corrected chi connectivity index (χ2v) is 5.05. The van der Waals surface area contributed by atoms with Crippen LogP contribution in [0.1, 0.15) is 31.4 Å². The zero-order valence-electron chi connectivity index (χ0n) is 13.6. The first kappa shape index (κ1) is 16.8. The molecule has 0 amide bonds. The number of benzene rings is 2. The molecule has 0 radical (unpaired) electrons. The van der Waals surface area contributed by atoms with Crippen molar-refractivity contribution in [2.75, 3.05) is 13.2 Å². The van der Waals surface area contributed by atoms with E-state index in [9.17, 15) is 4.79 Å². The molecule has 0 heterocycles. The summed E-state index contributed by atoms with van der Waals surface area (Å²) in [6.45, 7) is 4.90. The van der Waals surface area contributed by atoms with E-state index in [-0.39, 0.29) is 5.97 Å². The molecule has 0 N–H and O–H groups in total. The first-order valence-corrected chi connectivity index (χ1v) is 7.91. The molecule has 0 aliphatic heterocycles. The van der Waals surface area contributed by atoms with Crippen molar-refractivity contribution in [3.05, 3.63) is 71.8 Å². The zero-order chi connectivity index (χ0) is 16.5. The van der Waals surface area contributed by atoms with Crippen molar-refractivity contribution < 1.29 is 14.3 Å². The number of ether oxygens (including phenoxy) is 2. The molecule has 0 fully saturated rings. The lowest BCUT2D eigenvalue weighted by molar-refractivity contribution is -0.137. The Morgan fingerprint density at radius 2 is 1.74 bits per heavy atom. The maximum atomic E-state index is 11.9. The molecule has 0 saturated carbocycles.